The highest BCUT2D eigenvalue weighted by atomic mass is 16.6. The van der Waals surface area contributed by atoms with Gasteiger partial charge in [0.2, 0.25) is 0 Å². The fourth-order valence-electron chi connectivity index (χ4n) is 7.73. The molecule has 0 saturated carbocycles. The van der Waals surface area contributed by atoms with Crippen molar-refractivity contribution in [2.24, 2.45) is 26.8 Å². The fraction of sp³-hybridized carbons (Fsp3) is 0.524. The average molecular weight is 743 g/mol. The lowest BCUT2D eigenvalue weighted by atomic mass is 9.86. The van der Waals surface area contributed by atoms with Crippen LogP contribution in [0.4, 0.5) is 0 Å². The van der Waals surface area contributed by atoms with Crippen LogP contribution in [0.2, 0.25) is 0 Å². The van der Waals surface area contributed by atoms with Crippen molar-refractivity contribution in [2.45, 2.75) is 60.3 Å². The number of esters is 1. The quantitative estimate of drug-likeness (QED) is 0.122. The Morgan fingerprint density at radius 1 is 0.815 bits per heavy atom. The standard InChI is InChI=1S/C42H54N4O8/c1-8-28-24(2)33-21-37-31(23-50-7)26(4)32(44-37)20-34-25(3)29(9-10-39(48)54-18-17-53-16-15-52-14-13-51-12-11-49-6)41(45-34)30-19-38(47)40-27(5)35(46-42(30)40)22-36(28)43-33/h20-22,25,29,45,47H,8-19,23H2,1-7H3/t25-,29-/m0/s1. The van der Waals surface area contributed by atoms with Crippen molar-refractivity contribution < 1.29 is 38.3 Å². The molecule has 0 spiro atoms. The first kappa shape index (κ1) is 39.5. The summed E-state index contributed by atoms with van der Waals surface area (Å²) in [6.07, 6.45) is 8.21. The Kier molecular flexibility index (Phi) is 13.1. The molecular formula is C42H54N4O8. The number of nitrogens with zero attached hydrogens (tertiary/aromatic N) is 3. The highest BCUT2D eigenvalue weighted by molar-refractivity contribution is 6.21. The number of hydrogen-bond acceptors (Lipinski definition) is 12. The van der Waals surface area contributed by atoms with E-state index < -0.39 is 0 Å². The monoisotopic (exact) mass is 742 g/mol. The number of hydrogen-bond donors (Lipinski definition) is 2. The van der Waals surface area contributed by atoms with Crippen LogP contribution >= 0.6 is 0 Å². The molecule has 290 valence electrons. The summed E-state index contributed by atoms with van der Waals surface area (Å²) < 4.78 is 32.6. The third-order valence-electron chi connectivity index (χ3n) is 10.8. The maximum atomic E-state index is 13.0. The van der Waals surface area contributed by atoms with Crippen LogP contribution in [-0.4, -0.2) is 102 Å². The minimum Gasteiger partial charge on any atom is -0.511 e. The SMILES string of the molecule is CCC1=C(C)C2=NC1=CC1=C(C)C3=C(O)CC(=C4NC(=CC5=NC(=C2)C(COC)=C5C)[C@@H](C)[C@@H]4CCC(=O)OCCOCCOCCOCCOC)C3=N1. The second-order valence-corrected chi connectivity index (χ2v) is 14.1. The summed E-state index contributed by atoms with van der Waals surface area (Å²) in [7, 11) is 3.34. The van der Waals surface area contributed by atoms with Crippen LogP contribution in [0.15, 0.2) is 106 Å². The number of allylic oxidation sites excluding steroid dienone is 11. The number of rotatable bonds is 18. The summed E-state index contributed by atoms with van der Waals surface area (Å²) >= 11 is 0. The largest absolute Gasteiger partial charge is 0.511 e. The minimum atomic E-state index is -0.280. The topological polar surface area (TPSA) is 142 Å². The van der Waals surface area contributed by atoms with Crippen molar-refractivity contribution in [3.05, 3.63) is 91.5 Å². The number of fused-ring (bicyclic) bond motifs is 5. The van der Waals surface area contributed by atoms with E-state index in [-0.39, 0.29) is 30.8 Å². The molecule has 54 heavy (non-hydrogen) atoms. The van der Waals surface area contributed by atoms with Gasteiger partial charge in [0, 0.05) is 67.0 Å². The molecule has 1 fully saturated rings. The molecular weight excluding hydrogens is 688 g/mol. The molecule has 12 heteroatoms. The Balaban J connectivity index is 1.21. The van der Waals surface area contributed by atoms with Gasteiger partial charge in [-0.25, -0.2) is 15.0 Å². The van der Waals surface area contributed by atoms with Crippen molar-refractivity contribution in [2.75, 3.05) is 73.7 Å². The van der Waals surface area contributed by atoms with Crippen molar-refractivity contribution in [3.8, 4) is 0 Å². The molecule has 5 aliphatic heterocycles. The number of carbonyl (C=O) groups excluding carboxylic acids is 1. The van der Waals surface area contributed by atoms with Crippen molar-refractivity contribution in [3.63, 3.8) is 0 Å². The lowest BCUT2D eigenvalue weighted by Gasteiger charge is -2.17. The van der Waals surface area contributed by atoms with Crippen LogP contribution in [0.25, 0.3) is 0 Å². The van der Waals surface area contributed by atoms with Gasteiger partial charge >= 0.3 is 5.97 Å². The second kappa shape index (κ2) is 18.0. The molecule has 2 atom stereocenters. The minimum absolute atomic E-state index is 0.0283. The molecule has 5 heterocycles. The van der Waals surface area contributed by atoms with Crippen molar-refractivity contribution in [1.29, 1.82) is 0 Å². The van der Waals surface area contributed by atoms with Crippen LogP contribution in [0.5, 0.6) is 0 Å². The lowest BCUT2D eigenvalue weighted by molar-refractivity contribution is -0.145. The molecule has 1 saturated heterocycles. The van der Waals surface area contributed by atoms with Gasteiger partial charge in [-0.2, -0.15) is 0 Å². The van der Waals surface area contributed by atoms with E-state index in [4.69, 9.17) is 43.4 Å². The van der Waals surface area contributed by atoms with Gasteiger partial charge in [0.1, 0.15) is 12.4 Å². The van der Waals surface area contributed by atoms with Crippen LogP contribution in [0, 0.1) is 11.8 Å². The van der Waals surface area contributed by atoms with Crippen LogP contribution in [0.1, 0.15) is 60.3 Å². The van der Waals surface area contributed by atoms with E-state index in [9.17, 15) is 9.90 Å². The van der Waals surface area contributed by atoms with Gasteiger partial charge in [0.25, 0.3) is 0 Å². The summed E-state index contributed by atoms with van der Waals surface area (Å²) in [6.45, 7) is 14.3. The Morgan fingerprint density at radius 3 is 2.11 bits per heavy atom. The predicted octanol–water partition coefficient (Wildman–Crippen LogP) is 6.32. The zero-order chi connectivity index (χ0) is 38.4. The van der Waals surface area contributed by atoms with Crippen LogP contribution in [-0.2, 0) is 33.2 Å². The smallest absolute Gasteiger partial charge is 0.305 e. The van der Waals surface area contributed by atoms with Crippen molar-refractivity contribution in [1.82, 2.24) is 5.32 Å². The van der Waals surface area contributed by atoms with E-state index in [1.54, 1.807) is 14.2 Å². The molecule has 0 amide bonds. The number of aliphatic imine (C=N–C) groups is 3. The van der Waals surface area contributed by atoms with Gasteiger partial charge in [0.05, 0.1) is 87.1 Å². The molecule has 0 aromatic carbocycles. The number of nitrogens with one attached hydrogen (secondary N) is 1. The summed E-state index contributed by atoms with van der Waals surface area (Å²) in [5.74, 6) is 0.0125. The van der Waals surface area contributed by atoms with Crippen LogP contribution < -0.4 is 5.32 Å². The average Bonchev–Trinajstić information content (AvgIpc) is 3.91. The van der Waals surface area contributed by atoms with Crippen molar-refractivity contribution >= 4 is 23.1 Å². The first-order chi connectivity index (χ1) is 26.2. The first-order valence-corrected chi connectivity index (χ1v) is 19.0. The van der Waals surface area contributed by atoms with E-state index in [1.807, 2.05) is 13.0 Å². The molecule has 12 nitrogen and oxygen atoms in total. The molecule has 1 aliphatic carbocycles. The zero-order valence-corrected chi connectivity index (χ0v) is 32.7. The van der Waals surface area contributed by atoms with E-state index in [1.165, 1.54) is 0 Å². The van der Waals surface area contributed by atoms with Gasteiger partial charge in [0.15, 0.2) is 0 Å². The molecule has 0 radical (unpaired) electrons. The van der Waals surface area contributed by atoms with Gasteiger partial charge in [-0.15, -0.1) is 0 Å². The Labute approximate surface area is 318 Å². The molecule has 6 aliphatic rings. The van der Waals surface area contributed by atoms with Gasteiger partial charge in [-0.05, 0) is 74.1 Å². The van der Waals surface area contributed by atoms with Gasteiger partial charge in [-0.3, -0.25) is 4.79 Å². The molecule has 2 N–H and O–H groups in total. The normalized spacial score (nSPS) is 21.9. The molecule has 6 rings (SSSR count). The van der Waals surface area contributed by atoms with Crippen LogP contribution in [0.3, 0.4) is 0 Å². The summed E-state index contributed by atoms with van der Waals surface area (Å²) in [6, 6.07) is 0. The molecule has 8 bridgehead atoms. The van der Waals surface area contributed by atoms with Gasteiger partial charge < -0.3 is 38.8 Å². The highest BCUT2D eigenvalue weighted by Gasteiger charge is 2.41. The number of aliphatic hydroxyl groups excluding tert-OH is 1. The predicted molar refractivity (Wildman–Crippen MR) is 208 cm³/mol. The van der Waals surface area contributed by atoms with E-state index in [2.05, 4.69) is 45.2 Å². The number of ether oxygens (including phenoxy) is 6. The number of aliphatic hydroxyl groups is 1. The maximum Gasteiger partial charge on any atom is 0.305 e. The van der Waals surface area contributed by atoms with E-state index in [0.29, 0.717) is 71.5 Å². The van der Waals surface area contributed by atoms with E-state index in [0.717, 1.165) is 91.1 Å². The highest BCUT2D eigenvalue weighted by Crippen LogP contribution is 2.46. The summed E-state index contributed by atoms with van der Waals surface area (Å²) in [5, 5.41) is 15.1. The molecule has 0 aromatic heterocycles. The fourth-order valence-corrected chi connectivity index (χ4v) is 7.73. The summed E-state index contributed by atoms with van der Waals surface area (Å²) in [4.78, 5) is 28.4. The van der Waals surface area contributed by atoms with E-state index >= 15 is 0 Å². The zero-order valence-electron chi connectivity index (χ0n) is 32.7. The molecule has 0 aromatic rings. The Bertz CT molecular complexity index is 1880. The lowest BCUT2D eigenvalue weighted by Crippen LogP contribution is -2.17. The third kappa shape index (κ3) is 8.38. The number of carbonyl (C=O) groups is 1. The second-order valence-electron chi connectivity index (χ2n) is 14.1. The first-order valence-electron chi connectivity index (χ1n) is 19.0. The summed E-state index contributed by atoms with van der Waals surface area (Å²) in [5.41, 5.74) is 14.0. The number of methoxy groups -OCH3 is 2. The Morgan fingerprint density at radius 2 is 1.44 bits per heavy atom. The van der Waals surface area contributed by atoms with Gasteiger partial charge in [-0.1, -0.05) is 13.8 Å². The maximum absolute atomic E-state index is 13.0. The molecule has 0 unspecified atom stereocenters. The third-order valence-corrected chi connectivity index (χ3v) is 10.8. The Hall–Kier alpha value is -4.20.